The molecule has 53 valence electrons. The molecule has 3 nitrogen and oxygen atoms in total. The minimum Gasteiger partial charge on any atom is -0.287 e. The number of hydrogen-bond donors (Lipinski definition) is 0. The molecule has 0 saturated carbocycles. The molecule has 0 bridgehead atoms. The van der Waals surface area contributed by atoms with Crippen LogP contribution in [0.3, 0.4) is 0 Å². The first-order chi connectivity index (χ1) is 5.38. The number of nitrogens with zero attached hydrogens (tertiary/aromatic N) is 2. The average Bonchev–Trinajstić information content (AvgIpc) is 2.06. The van der Waals surface area contributed by atoms with Crippen LogP contribution in [0.2, 0.25) is 0 Å². The van der Waals surface area contributed by atoms with Crippen LogP contribution in [-0.2, 0) is 5.11 Å². The summed E-state index contributed by atoms with van der Waals surface area (Å²) >= 11 is 0. The summed E-state index contributed by atoms with van der Waals surface area (Å²) < 4.78 is 0. The molecule has 0 aromatic carbocycles. The summed E-state index contributed by atoms with van der Waals surface area (Å²) in [6.07, 6.45) is 4.52. The van der Waals surface area contributed by atoms with E-state index < -0.39 is 0 Å². The highest BCUT2D eigenvalue weighted by Crippen LogP contribution is 2.20. The van der Waals surface area contributed by atoms with Gasteiger partial charge in [-0.25, -0.2) is 0 Å². The Morgan fingerprint density at radius 3 is 3.00 bits per heavy atom. The van der Waals surface area contributed by atoms with E-state index in [-0.39, 0.29) is 5.75 Å². The van der Waals surface area contributed by atoms with Gasteiger partial charge < -0.3 is 0 Å². The quantitative estimate of drug-likeness (QED) is 0.567. The molecular weight excluding hydrogens is 140 g/mol. The molecule has 0 saturated heterocycles. The van der Waals surface area contributed by atoms with E-state index in [1.807, 2.05) is 0 Å². The highest BCUT2D eigenvalue weighted by Gasteiger charge is 1.99. The minimum absolute atomic E-state index is 0.0735. The Morgan fingerprint density at radius 2 is 2.18 bits per heavy atom. The van der Waals surface area contributed by atoms with Crippen molar-refractivity contribution in [3.8, 4) is 5.75 Å². The topological polar surface area (TPSA) is 45.7 Å². The maximum atomic E-state index is 11.1. The first-order valence-corrected chi connectivity index (χ1v) is 3.24. The van der Waals surface area contributed by atoms with Gasteiger partial charge in [0.15, 0.2) is 0 Å². The second-order valence-corrected chi connectivity index (χ2v) is 2.21. The average molecular weight is 145 g/mol. The lowest BCUT2D eigenvalue weighted by molar-refractivity contribution is 0.358. The van der Waals surface area contributed by atoms with Crippen molar-refractivity contribution < 1.29 is 5.11 Å². The third-order valence-electron chi connectivity index (χ3n) is 1.49. The Morgan fingerprint density at radius 1 is 1.27 bits per heavy atom. The second-order valence-electron chi connectivity index (χ2n) is 2.21. The Balaban J connectivity index is 2.91. The number of aromatic nitrogens is 2. The summed E-state index contributed by atoms with van der Waals surface area (Å²) in [6.45, 7) is 0. The van der Waals surface area contributed by atoms with Crippen molar-refractivity contribution in [2.24, 2.45) is 0 Å². The van der Waals surface area contributed by atoms with Crippen LogP contribution in [0.4, 0.5) is 0 Å². The number of fused-ring (bicyclic) bond motifs is 1. The van der Waals surface area contributed by atoms with Crippen LogP contribution in [0.15, 0.2) is 30.7 Å². The molecule has 11 heavy (non-hydrogen) atoms. The first-order valence-electron chi connectivity index (χ1n) is 3.24. The summed E-state index contributed by atoms with van der Waals surface area (Å²) in [6, 6.07) is 3.48. The fraction of sp³-hybridized carbons (Fsp3) is 0. The normalized spacial score (nSPS) is 10.2. The van der Waals surface area contributed by atoms with E-state index in [0.717, 1.165) is 0 Å². The van der Waals surface area contributed by atoms with Crippen molar-refractivity contribution >= 4 is 10.9 Å². The van der Waals surface area contributed by atoms with Gasteiger partial charge in [-0.2, -0.15) is 0 Å². The molecule has 0 atom stereocenters. The fourth-order valence-corrected chi connectivity index (χ4v) is 0.974. The fourth-order valence-electron chi connectivity index (χ4n) is 0.974. The Labute approximate surface area is 63.3 Å². The van der Waals surface area contributed by atoms with Gasteiger partial charge in [-0.15, -0.1) is 0 Å². The molecule has 2 aromatic heterocycles. The molecule has 0 aliphatic rings. The van der Waals surface area contributed by atoms with Crippen molar-refractivity contribution in [2.75, 3.05) is 0 Å². The largest absolute Gasteiger partial charge is 0.287 e. The number of rotatable bonds is 0. The third-order valence-corrected chi connectivity index (χ3v) is 1.49. The van der Waals surface area contributed by atoms with Crippen molar-refractivity contribution in [3.05, 3.63) is 30.7 Å². The highest BCUT2D eigenvalue weighted by molar-refractivity contribution is 5.83. The van der Waals surface area contributed by atoms with E-state index in [2.05, 4.69) is 9.97 Å². The zero-order chi connectivity index (χ0) is 7.68. The molecule has 1 radical (unpaired) electrons. The second kappa shape index (κ2) is 2.20. The van der Waals surface area contributed by atoms with Gasteiger partial charge in [-0.1, -0.05) is 0 Å². The molecule has 0 spiro atoms. The number of hydrogen-bond acceptors (Lipinski definition) is 2. The van der Waals surface area contributed by atoms with Gasteiger partial charge >= 0.3 is 0 Å². The SMILES string of the molecule is [O]c1cncc2ncccc12. The lowest BCUT2D eigenvalue weighted by Crippen LogP contribution is -1.78. The molecule has 0 fully saturated rings. The van der Waals surface area contributed by atoms with Crippen LogP contribution in [0, 0.1) is 0 Å². The van der Waals surface area contributed by atoms with Gasteiger partial charge in [0.1, 0.15) is 0 Å². The molecule has 0 unspecified atom stereocenters. The highest BCUT2D eigenvalue weighted by atomic mass is 16.3. The lowest BCUT2D eigenvalue weighted by atomic mass is 10.2. The molecule has 2 rings (SSSR count). The zero-order valence-corrected chi connectivity index (χ0v) is 5.69. The first kappa shape index (κ1) is 6.09. The van der Waals surface area contributed by atoms with Gasteiger partial charge in [0.05, 0.1) is 23.3 Å². The summed E-state index contributed by atoms with van der Waals surface area (Å²) in [5.74, 6) is -0.0735. The summed E-state index contributed by atoms with van der Waals surface area (Å²) in [7, 11) is 0. The predicted octanol–water partition coefficient (Wildman–Crippen LogP) is 1.77. The van der Waals surface area contributed by atoms with Crippen molar-refractivity contribution in [1.82, 2.24) is 9.97 Å². The standard InChI is InChI=1S/C8H5N2O/c11-8-5-9-4-7-6(8)2-1-3-10-7/h1-5H. The van der Waals surface area contributed by atoms with Crippen LogP contribution in [0.25, 0.3) is 10.9 Å². The molecule has 0 amide bonds. The van der Waals surface area contributed by atoms with Gasteiger partial charge in [0.25, 0.3) is 0 Å². The summed E-state index contributed by atoms with van der Waals surface area (Å²) in [5.41, 5.74) is 0.653. The van der Waals surface area contributed by atoms with Gasteiger partial charge in [0, 0.05) is 6.20 Å². The zero-order valence-electron chi connectivity index (χ0n) is 5.69. The summed E-state index contributed by atoms with van der Waals surface area (Å²) in [4.78, 5) is 7.72. The maximum absolute atomic E-state index is 11.1. The third kappa shape index (κ3) is 0.902. The minimum atomic E-state index is -0.0735. The van der Waals surface area contributed by atoms with Crippen LogP contribution in [0.1, 0.15) is 0 Å². The van der Waals surface area contributed by atoms with Crippen molar-refractivity contribution in [2.45, 2.75) is 0 Å². The Hall–Kier alpha value is -1.64. The van der Waals surface area contributed by atoms with Gasteiger partial charge in [-0.05, 0) is 12.1 Å². The molecule has 0 aliphatic heterocycles. The Kier molecular flexibility index (Phi) is 1.22. The van der Waals surface area contributed by atoms with E-state index in [1.165, 1.54) is 6.20 Å². The van der Waals surface area contributed by atoms with Crippen molar-refractivity contribution in [3.63, 3.8) is 0 Å². The van der Waals surface area contributed by atoms with Gasteiger partial charge in [0.2, 0.25) is 5.75 Å². The molecule has 0 aliphatic carbocycles. The molecule has 2 heterocycles. The van der Waals surface area contributed by atoms with Gasteiger partial charge in [-0.3, -0.25) is 15.1 Å². The van der Waals surface area contributed by atoms with E-state index in [4.69, 9.17) is 0 Å². The predicted molar refractivity (Wildman–Crippen MR) is 39.7 cm³/mol. The van der Waals surface area contributed by atoms with Crippen LogP contribution < -0.4 is 0 Å². The smallest absolute Gasteiger partial charge is 0.206 e. The van der Waals surface area contributed by atoms with Crippen LogP contribution in [0.5, 0.6) is 5.75 Å². The van der Waals surface area contributed by atoms with Crippen LogP contribution >= 0.6 is 0 Å². The maximum Gasteiger partial charge on any atom is 0.206 e. The van der Waals surface area contributed by atoms with Crippen molar-refractivity contribution in [1.29, 1.82) is 0 Å². The molecule has 3 heteroatoms. The molecule has 2 aromatic rings. The molecular formula is C8H5N2O. The number of pyridine rings is 2. The molecule has 0 N–H and O–H groups in total. The lowest BCUT2D eigenvalue weighted by Gasteiger charge is -1.93. The summed E-state index contributed by atoms with van der Waals surface area (Å²) in [5, 5.41) is 11.7. The van der Waals surface area contributed by atoms with E-state index >= 15 is 0 Å². The Bertz CT molecular complexity index is 381. The van der Waals surface area contributed by atoms with E-state index in [9.17, 15) is 5.11 Å². The van der Waals surface area contributed by atoms with E-state index in [1.54, 1.807) is 24.5 Å². The van der Waals surface area contributed by atoms with Crippen LogP contribution in [-0.4, -0.2) is 9.97 Å². The van der Waals surface area contributed by atoms with E-state index in [0.29, 0.717) is 10.9 Å². The monoisotopic (exact) mass is 145 g/mol.